The Bertz CT molecular complexity index is 1150. The molecule has 2 amide bonds. The lowest BCUT2D eigenvalue weighted by Crippen LogP contribution is -2.30. The number of aliphatic hydroxyl groups is 1. The van der Waals surface area contributed by atoms with Crippen LogP contribution in [-0.2, 0) is 7.05 Å². The van der Waals surface area contributed by atoms with Gasteiger partial charge in [-0.2, -0.15) is 5.10 Å². The normalized spacial score (nSPS) is 18.6. The number of nitrogens with zero attached hydrogens (tertiary/aromatic N) is 4. The maximum Gasteiger partial charge on any atom is 0.272 e. The van der Waals surface area contributed by atoms with Crippen molar-refractivity contribution in [2.45, 2.75) is 31.1 Å². The van der Waals surface area contributed by atoms with Gasteiger partial charge >= 0.3 is 0 Å². The molecule has 31 heavy (non-hydrogen) atoms. The minimum atomic E-state index is -0.197. The van der Waals surface area contributed by atoms with Gasteiger partial charge in [0.1, 0.15) is 10.5 Å². The molecule has 4 heterocycles. The van der Waals surface area contributed by atoms with E-state index in [0.29, 0.717) is 29.6 Å². The number of amides is 2. The first-order valence-corrected chi connectivity index (χ1v) is 11.5. The highest BCUT2D eigenvalue weighted by Gasteiger charge is 2.35. The molecule has 5 rings (SSSR count). The Morgan fingerprint density at radius 1 is 1.29 bits per heavy atom. The average molecular weight is 440 g/mol. The van der Waals surface area contributed by atoms with Crippen LogP contribution in [0.5, 0.6) is 0 Å². The number of carbonyl (C=O) groups is 2. The van der Waals surface area contributed by atoms with Crippen LogP contribution >= 0.6 is 11.3 Å². The molecule has 162 valence electrons. The zero-order valence-corrected chi connectivity index (χ0v) is 18.2. The first-order valence-electron chi connectivity index (χ1n) is 10.7. The summed E-state index contributed by atoms with van der Waals surface area (Å²) in [5.41, 5.74) is 2.60. The minimum Gasteiger partial charge on any atom is -0.395 e. The summed E-state index contributed by atoms with van der Waals surface area (Å²) in [4.78, 5) is 33.7. The number of fused-ring (bicyclic) bond motifs is 1. The first kappa shape index (κ1) is 20.1. The summed E-state index contributed by atoms with van der Waals surface area (Å²) < 4.78 is 1.70. The van der Waals surface area contributed by atoms with Crippen LogP contribution in [-0.4, -0.2) is 62.8 Å². The number of likely N-dealkylation sites (tertiary alicyclic amines) is 1. The number of pyridine rings is 1. The Balaban J connectivity index is 1.41. The van der Waals surface area contributed by atoms with Gasteiger partial charge in [0.15, 0.2) is 0 Å². The van der Waals surface area contributed by atoms with Gasteiger partial charge in [0.05, 0.1) is 17.2 Å². The average Bonchev–Trinajstić information content (AvgIpc) is 3.20. The zero-order chi connectivity index (χ0) is 21.5. The van der Waals surface area contributed by atoms with Crippen LogP contribution in [0.3, 0.4) is 0 Å². The van der Waals surface area contributed by atoms with Gasteiger partial charge in [-0.3, -0.25) is 14.3 Å². The summed E-state index contributed by atoms with van der Waals surface area (Å²) in [6.07, 6.45) is 4.82. The molecule has 2 N–H and O–H groups in total. The van der Waals surface area contributed by atoms with E-state index in [1.54, 1.807) is 10.9 Å². The van der Waals surface area contributed by atoms with Crippen molar-refractivity contribution in [2.24, 2.45) is 7.05 Å². The minimum absolute atomic E-state index is 0.00616. The van der Waals surface area contributed by atoms with Gasteiger partial charge in [0.2, 0.25) is 0 Å². The van der Waals surface area contributed by atoms with Gasteiger partial charge in [-0.15, -0.1) is 11.3 Å². The third kappa shape index (κ3) is 3.72. The lowest BCUT2D eigenvalue weighted by atomic mass is 9.95. The number of nitrogens with one attached hydrogen (secondary N) is 1. The molecule has 8 nitrogen and oxygen atoms in total. The summed E-state index contributed by atoms with van der Waals surface area (Å²) in [5.74, 6) is 0.363. The predicted molar refractivity (Wildman–Crippen MR) is 117 cm³/mol. The number of carbonyl (C=O) groups excluding carboxylic acids is 2. The van der Waals surface area contributed by atoms with Gasteiger partial charge in [0.25, 0.3) is 11.8 Å². The Morgan fingerprint density at radius 2 is 2.13 bits per heavy atom. The fraction of sp³-hybridized carbons (Fsp3) is 0.455. The zero-order valence-electron chi connectivity index (χ0n) is 17.4. The van der Waals surface area contributed by atoms with Crippen molar-refractivity contribution >= 4 is 33.4 Å². The van der Waals surface area contributed by atoms with Gasteiger partial charge in [-0.25, -0.2) is 4.98 Å². The second-order valence-electron chi connectivity index (χ2n) is 8.27. The predicted octanol–water partition coefficient (Wildman–Crippen LogP) is 2.26. The number of aryl methyl sites for hydroxylation is 1. The van der Waals surface area contributed by atoms with Crippen molar-refractivity contribution in [3.63, 3.8) is 0 Å². The highest BCUT2D eigenvalue weighted by molar-refractivity contribution is 7.20. The van der Waals surface area contributed by atoms with Crippen LogP contribution in [0.25, 0.3) is 10.2 Å². The number of aromatic nitrogens is 3. The van der Waals surface area contributed by atoms with E-state index in [9.17, 15) is 9.59 Å². The van der Waals surface area contributed by atoms with E-state index in [4.69, 9.17) is 5.11 Å². The molecule has 1 atom stereocenters. The molecule has 1 saturated heterocycles. The molecule has 0 spiro atoms. The standard InChI is InChI=1S/C22H25N5O3S/c1-26-17(11-16(25-26)13-4-5-13)22(30)27-9-6-14(12-27)18-15-3-2-7-24-21(15)31-19(18)20(29)23-8-10-28/h2-3,7,11,13-14,28H,4-6,8-10,12H2,1H3,(H,23,29). The van der Waals surface area contributed by atoms with E-state index in [-0.39, 0.29) is 30.9 Å². The largest absolute Gasteiger partial charge is 0.395 e. The van der Waals surface area contributed by atoms with Crippen molar-refractivity contribution in [3.8, 4) is 0 Å². The van der Waals surface area contributed by atoms with Crippen LogP contribution in [0.1, 0.15) is 62.5 Å². The second kappa shape index (κ2) is 8.05. The Morgan fingerprint density at radius 3 is 2.90 bits per heavy atom. The fourth-order valence-electron chi connectivity index (χ4n) is 4.39. The molecule has 0 aromatic carbocycles. The molecule has 2 fully saturated rings. The fourth-order valence-corrected chi connectivity index (χ4v) is 5.53. The third-order valence-corrected chi connectivity index (χ3v) is 7.23. The Labute approximate surface area is 183 Å². The molecule has 2 aliphatic rings. The summed E-state index contributed by atoms with van der Waals surface area (Å²) in [6.45, 7) is 1.30. The summed E-state index contributed by atoms with van der Waals surface area (Å²) in [6, 6.07) is 5.80. The van der Waals surface area contributed by atoms with Crippen molar-refractivity contribution < 1.29 is 14.7 Å². The number of thiophene rings is 1. The van der Waals surface area contributed by atoms with E-state index >= 15 is 0 Å². The molecule has 0 radical (unpaired) electrons. The van der Waals surface area contributed by atoms with Crippen LogP contribution in [0, 0.1) is 0 Å². The molecular weight excluding hydrogens is 414 g/mol. The molecule has 0 bridgehead atoms. The number of hydrogen-bond acceptors (Lipinski definition) is 6. The lowest BCUT2D eigenvalue weighted by Gasteiger charge is -2.17. The SMILES string of the molecule is Cn1nc(C2CC2)cc1C(=O)N1CCC(c2c(C(=O)NCCO)sc3ncccc23)C1. The Hall–Kier alpha value is -2.78. The van der Waals surface area contributed by atoms with Crippen LogP contribution < -0.4 is 5.32 Å². The number of aliphatic hydroxyl groups excluding tert-OH is 1. The smallest absolute Gasteiger partial charge is 0.272 e. The van der Waals surface area contributed by atoms with Crippen LogP contribution in [0.2, 0.25) is 0 Å². The van der Waals surface area contributed by atoms with Gasteiger partial charge < -0.3 is 15.3 Å². The summed E-state index contributed by atoms with van der Waals surface area (Å²) in [5, 5.41) is 17.3. The van der Waals surface area contributed by atoms with E-state index in [0.717, 1.165) is 40.7 Å². The van der Waals surface area contributed by atoms with Crippen molar-refractivity contribution in [2.75, 3.05) is 26.2 Å². The summed E-state index contributed by atoms with van der Waals surface area (Å²) in [7, 11) is 1.83. The molecule has 9 heteroatoms. The third-order valence-electron chi connectivity index (χ3n) is 6.11. The van der Waals surface area contributed by atoms with E-state index < -0.39 is 0 Å². The van der Waals surface area contributed by atoms with Crippen molar-refractivity contribution in [1.82, 2.24) is 25.0 Å². The van der Waals surface area contributed by atoms with E-state index in [1.807, 2.05) is 30.1 Å². The molecule has 1 aliphatic heterocycles. The lowest BCUT2D eigenvalue weighted by molar-refractivity contribution is 0.0780. The monoisotopic (exact) mass is 439 g/mol. The van der Waals surface area contributed by atoms with Crippen molar-refractivity contribution in [3.05, 3.63) is 46.2 Å². The number of hydrogen-bond donors (Lipinski definition) is 2. The molecule has 1 aliphatic carbocycles. The Kier molecular flexibility index (Phi) is 5.23. The molecule has 1 saturated carbocycles. The molecule has 3 aromatic heterocycles. The second-order valence-corrected chi connectivity index (χ2v) is 9.27. The topological polar surface area (TPSA) is 100 Å². The van der Waals surface area contributed by atoms with Gasteiger partial charge in [-0.05, 0) is 37.0 Å². The molecule has 3 aromatic rings. The van der Waals surface area contributed by atoms with Crippen LogP contribution in [0.15, 0.2) is 24.4 Å². The van der Waals surface area contributed by atoms with Gasteiger partial charge in [0, 0.05) is 50.1 Å². The van der Waals surface area contributed by atoms with Gasteiger partial charge in [-0.1, -0.05) is 6.07 Å². The van der Waals surface area contributed by atoms with Crippen LogP contribution in [0.4, 0.5) is 0 Å². The quantitative estimate of drug-likeness (QED) is 0.614. The highest BCUT2D eigenvalue weighted by Crippen LogP contribution is 2.41. The molecule has 1 unspecified atom stereocenters. The highest BCUT2D eigenvalue weighted by atomic mass is 32.1. The first-order chi connectivity index (χ1) is 15.1. The maximum absolute atomic E-state index is 13.2. The van der Waals surface area contributed by atoms with Crippen molar-refractivity contribution in [1.29, 1.82) is 0 Å². The summed E-state index contributed by atoms with van der Waals surface area (Å²) >= 11 is 1.37. The maximum atomic E-state index is 13.2. The van der Waals surface area contributed by atoms with E-state index in [1.165, 1.54) is 11.3 Å². The van der Waals surface area contributed by atoms with E-state index in [2.05, 4.69) is 15.4 Å². The number of rotatable bonds is 6. The molecular formula is C22H25N5O3S.